The Morgan fingerprint density at radius 1 is 1.45 bits per heavy atom. The van der Waals surface area contributed by atoms with Crippen molar-refractivity contribution in [2.75, 3.05) is 7.11 Å². The van der Waals surface area contributed by atoms with E-state index < -0.39 is 0 Å². The van der Waals surface area contributed by atoms with Crippen LogP contribution in [0.3, 0.4) is 0 Å². The second-order valence-electron chi connectivity index (χ2n) is 2.35. The lowest BCUT2D eigenvalue weighted by Crippen LogP contribution is -1.86. The van der Waals surface area contributed by atoms with E-state index in [1.165, 1.54) is 5.56 Å². The lowest BCUT2D eigenvalue weighted by Gasteiger charge is -2.04. The van der Waals surface area contributed by atoms with Crippen LogP contribution >= 0.6 is 12.6 Å². The Morgan fingerprint density at radius 2 is 2.18 bits per heavy atom. The highest BCUT2D eigenvalue weighted by Gasteiger charge is 1.97. The molecule has 0 aromatic heterocycles. The minimum atomic E-state index is 0.902. The summed E-state index contributed by atoms with van der Waals surface area (Å²) in [5.74, 6) is 0.902. The molecule has 11 heavy (non-hydrogen) atoms. The van der Waals surface area contributed by atoms with E-state index in [0.29, 0.717) is 0 Å². The van der Waals surface area contributed by atoms with Gasteiger partial charge < -0.3 is 4.74 Å². The van der Waals surface area contributed by atoms with Crippen LogP contribution in [0, 0.1) is 0 Å². The van der Waals surface area contributed by atoms with E-state index in [4.69, 9.17) is 4.74 Å². The molecule has 0 spiro atoms. The number of benzene rings is 1. The molecule has 0 radical (unpaired) electrons. The Labute approximate surface area is 72.8 Å². The van der Waals surface area contributed by atoms with Crippen molar-refractivity contribution in [3.05, 3.63) is 23.8 Å². The highest BCUT2D eigenvalue weighted by atomic mass is 32.1. The molecule has 0 fully saturated rings. The summed E-state index contributed by atoms with van der Waals surface area (Å²) in [6.07, 6.45) is 0.996. The zero-order valence-electron chi connectivity index (χ0n) is 6.79. The van der Waals surface area contributed by atoms with Crippen LogP contribution < -0.4 is 4.74 Å². The first-order valence-corrected chi connectivity index (χ1v) is 4.08. The molecule has 0 amide bonds. The highest BCUT2D eigenvalue weighted by molar-refractivity contribution is 7.80. The predicted octanol–water partition coefficient (Wildman–Crippen LogP) is 2.55. The number of rotatable bonds is 2. The van der Waals surface area contributed by atoms with Crippen molar-refractivity contribution < 1.29 is 4.74 Å². The number of aryl methyl sites for hydroxylation is 1. The van der Waals surface area contributed by atoms with Crippen molar-refractivity contribution >= 4 is 12.6 Å². The molecule has 0 unspecified atom stereocenters. The summed E-state index contributed by atoms with van der Waals surface area (Å²) in [5, 5.41) is 0. The molecule has 1 aromatic rings. The lowest BCUT2D eigenvalue weighted by atomic mass is 10.1. The molecule has 2 heteroatoms. The first kappa shape index (κ1) is 8.47. The third-order valence-electron chi connectivity index (χ3n) is 1.67. The third-order valence-corrected chi connectivity index (χ3v) is 2.10. The molecule has 0 saturated carbocycles. The van der Waals surface area contributed by atoms with E-state index in [0.717, 1.165) is 17.1 Å². The van der Waals surface area contributed by atoms with Gasteiger partial charge in [-0.15, -0.1) is 12.6 Å². The fraction of sp³-hybridized carbons (Fsp3) is 0.333. The molecule has 1 rings (SSSR count). The van der Waals surface area contributed by atoms with Gasteiger partial charge in [0.1, 0.15) is 5.75 Å². The van der Waals surface area contributed by atoms with Gasteiger partial charge in [-0.25, -0.2) is 0 Å². The van der Waals surface area contributed by atoms with Gasteiger partial charge >= 0.3 is 0 Å². The zero-order valence-corrected chi connectivity index (χ0v) is 7.69. The van der Waals surface area contributed by atoms with Crippen LogP contribution in [0.1, 0.15) is 12.5 Å². The summed E-state index contributed by atoms with van der Waals surface area (Å²) in [4.78, 5) is 1.04. The molecule has 0 saturated heterocycles. The molecule has 1 nitrogen and oxygen atoms in total. The standard InChI is InChI=1S/C9H12OS/c1-3-7-6-8(10-2)4-5-9(7)11/h4-6,11H,3H2,1-2H3. The summed E-state index contributed by atoms with van der Waals surface area (Å²) >= 11 is 4.31. The summed E-state index contributed by atoms with van der Waals surface area (Å²) < 4.78 is 5.08. The molecule has 0 bridgehead atoms. The molecular weight excluding hydrogens is 156 g/mol. The van der Waals surface area contributed by atoms with Crippen LogP contribution in [-0.4, -0.2) is 7.11 Å². The number of hydrogen-bond donors (Lipinski definition) is 1. The summed E-state index contributed by atoms with van der Waals surface area (Å²) in [5.41, 5.74) is 1.23. The van der Waals surface area contributed by atoms with Gasteiger partial charge in [0.2, 0.25) is 0 Å². The van der Waals surface area contributed by atoms with Crippen molar-refractivity contribution in [3.63, 3.8) is 0 Å². The average molecular weight is 168 g/mol. The SMILES string of the molecule is CCc1cc(OC)ccc1S. The first-order valence-electron chi connectivity index (χ1n) is 3.63. The largest absolute Gasteiger partial charge is 0.497 e. The Bertz CT molecular complexity index is 245. The second kappa shape index (κ2) is 3.67. The van der Waals surface area contributed by atoms with Crippen molar-refractivity contribution in [2.24, 2.45) is 0 Å². The minimum Gasteiger partial charge on any atom is -0.497 e. The quantitative estimate of drug-likeness (QED) is 0.668. The predicted molar refractivity (Wildman–Crippen MR) is 49.6 cm³/mol. The molecule has 0 atom stereocenters. The summed E-state index contributed by atoms with van der Waals surface area (Å²) in [6.45, 7) is 2.11. The van der Waals surface area contributed by atoms with Crippen LogP contribution in [0.5, 0.6) is 5.75 Å². The lowest BCUT2D eigenvalue weighted by molar-refractivity contribution is 0.414. The molecular formula is C9H12OS. The van der Waals surface area contributed by atoms with E-state index in [2.05, 4.69) is 19.6 Å². The van der Waals surface area contributed by atoms with Crippen LogP contribution in [0.2, 0.25) is 0 Å². The number of ether oxygens (including phenoxy) is 1. The van der Waals surface area contributed by atoms with Gasteiger partial charge in [0.15, 0.2) is 0 Å². The summed E-state index contributed by atoms with van der Waals surface area (Å²) in [6, 6.07) is 5.89. The van der Waals surface area contributed by atoms with E-state index in [1.54, 1.807) is 7.11 Å². The normalized spacial score (nSPS) is 9.73. The Morgan fingerprint density at radius 3 is 2.73 bits per heavy atom. The molecule has 0 aliphatic heterocycles. The van der Waals surface area contributed by atoms with Gasteiger partial charge in [-0.05, 0) is 30.2 Å². The van der Waals surface area contributed by atoms with Crippen LogP contribution in [0.4, 0.5) is 0 Å². The van der Waals surface area contributed by atoms with Crippen LogP contribution in [0.15, 0.2) is 23.1 Å². The molecule has 60 valence electrons. The Kier molecular flexibility index (Phi) is 2.83. The smallest absolute Gasteiger partial charge is 0.119 e. The van der Waals surface area contributed by atoms with E-state index in [1.807, 2.05) is 18.2 Å². The number of hydrogen-bond acceptors (Lipinski definition) is 2. The maximum atomic E-state index is 5.08. The van der Waals surface area contributed by atoms with Crippen molar-refractivity contribution in [1.82, 2.24) is 0 Å². The molecule has 0 N–H and O–H groups in total. The van der Waals surface area contributed by atoms with Gasteiger partial charge in [-0.1, -0.05) is 6.92 Å². The fourth-order valence-electron chi connectivity index (χ4n) is 0.972. The monoisotopic (exact) mass is 168 g/mol. The average Bonchev–Trinajstić information content (AvgIpc) is 2.05. The summed E-state index contributed by atoms with van der Waals surface area (Å²) in [7, 11) is 1.67. The molecule has 0 heterocycles. The van der Waals surface area contributed by atoms with Gasteiger partial charge in [-0.2, -0.15) is 0 Å². The van der Waals surface area contributed by atoms with Crippen LogP contribution in [0.25, 0.3) is 0 Å². The van der Waals surface area contributed by atoms with Gasteiger partial charge in [0.25, 0.3) is 0 Å². The van der Waals surface area contributed by atoms with Crippen molar-refractivity contribution in [3.8, 4) is 5.75 Å². The molecule has 0 aliphatic rings. The van der Waals surface area contributed by atoms with Crippen LogP contribution in [-0.2, 0) is 6.42 Å². The van der Waals surface area contributed by atoms with Crippen molar-refractivity contribution in [2.45, 2.75) is 18.2 Å². The second-order valence-corrected chi connectivity index (χ2v) is 2.83. The molecule has 0 aliphatic carbocycles. The zero-order chi connectivity index (χ0) is 8.27. The number of thiol groups is 1. The van der Waals surface area contributed by atoms with Crippen molar-refractivity contribution in [1.29, 1.82) is 0 Å². The maximum absolute atomic E-state index is 5.08. The topological polar surface area (TPSA) is 9.23 Å². The maximum Gasteiger partial charge on any atom is 0.119 e. The first-order chi connectivity index (χ1) is 5.27. The number of methoxy groups -OCH3 is 1. The molecule has 1 aromatic carbocycles. The Balaban J connectivity index is 3.02. The van der Waals surface area contributed by atoms with E-state index in [-0.39, 0.29) is 0 Å². The highest BCUT2D eigenvalue weighted by Crippen LogP contribution is 2.20. The minimum absolute atomic E-state index is 0.902. The van der Waals surface area contributed by atoms with Gasteiger partial charge in [-0.3, -0.25) is 0 Å². The Hall–Kier alpha value is -0.630. The van der Waals surface area contributed by atoms with E-state index in [9.17, 15) is 0 Å². The van der Waals surface area contributed by atoms with Gasteiger partial charge in [0, 0.05) is 4.90 Å². The fourth-order valence-corrected chi connectivity index (χ4v) is 1.27. The van der Waals surface area contributed by atoms with E-state index >= 15 is 0 Å². The third kappa shape index (κ3) is 1.90. The van der Waals surface area contributed by atoms with Gasteiger partial charge in [0.05, 0.1) is 7.11 Å².